The lowest BCUT2D eigenvalue weighted by Gasteiger charge is -2.01. The highest BCUT2D eigenvalue weighted by atomic mass is 16.5. The van der Waals surface area contributed by atoms with Crippen molar-refractivity contribution in [2.45, 2.75) is 20.4 Å². The number of nitrogens with zero attached hydrogens (tertiary/aromatic N) is 4. The van der Waals surface area contributed by atoms with Gasteiger partial charge in [0.15, 0.2) is 11.6 Å². The quantitative estimate of drug-likeness (QED) is 0.737. The molecule has 0 radical (unpaired) electrons. The Morgan fingerprint density at radius 3 is 2.86 bits per heavy atom. The maximum absolute atomic E-state index is 11.8. The van der Waals surface area contributed by atoms with Crippen LogP contribution in [-0.4, -0.2) is 43.8 Å². The van der Waals surface area contributed by atoms with E-state index in [9.17, 15) is 9.59 Å². The number of anilines is 2. The number of H-pyrrole nitrogens is 1. The van der Waals surface area contributed by atoms with Gasteiger partial charge < -0.3 is 10.1 Å². The highest BCUT2D eigenvalue weighted by Gasteiger charge is 2.10. The van der Waals surface area contributed by atoms with Gasteiger partial charge in [-0.15, -0.1) is 5.10 Å². The second-order valence-corrected chi connectivity index (χ2v) is 4.13. The number of ether oxygens (including phenoxy) is 1. The third-order valence-electron chi connectivity index (χ3n) is 2.32. The van der Waals surface area contributed by atoms with Crippen molar-refractivity contribution in [2.24, 2.45) is 0 Å². The lowest BCUT2D eigenvalue weighted by Crippen LogP contribution is -2.19. The first-order chi connectivity index (χ1) is 10.1. The minimum absolute atomic E-state index is 0.0522. The maximum atomic E-state index is 11.8. The first-order valence-corrected chi connectivity index (χ1v) is 6.22. The summed E-state index contributed by atoms with van der Waals surface area (Å²) in [4.78, 5) is 22.9. The van der Waals surface area contributed by atoms with Crippen molar-refractivity contribution >= 4 is 23.6 Å². The smallest absolute Gasteiger partial charge is 0.412 e. The summed E-state index contributed by atoms with van der Waals surface area (Å²) in [6, 6.07) is 1.70. The van der Waals surface area contributed by atoms with Crippen LogP contribution in [0.5, 0.6) is 0 Å². The SMILES string of the molecule is CCOC(=O)Nc1cn(CC(=O)Nc2cc(C)[nH]n2)nn1. The zero-order valence-corrected chi connectivity index (χ0v) is 11.6. The monoisotopic (exact) mass is 293 g/mol. The Bertz CT molecular complexity index is 633. The molecule has 0 saturated heterocycles. The second-order valence-electron chi connectivity index (χ2n) is 4.13. The van der Waals surface area contributed by atoms with Crippen molar-refractivity contribution in [1.29, 1.82) is 0 Å². The number of aromatic amines is 1. The topological polar surface area (TPSA) is 127 Å². The zero-order chi connectivity index (χ0) is 15.2. The number of hydrogen-bond acceptors (Lipinski definition) is 6. The third-order valence-corrected chi connectivity index (χ3v) is 2.32. The van der Waals surface area contributed by atoms with Crippen LogP contribution in [0.4, 0.5) is 16.4 Å². The van der Waals surface area contributed by atoms with E-state index in [4.69, 9.17) is 4.74 Å². The van der Waals surface area contributed by atoms with Crippen LogP contribution in [0.1, 0.15) is 12.6 Å². The van der Waals surface area contributed by atoms with E-state index in [1.807, 2.05) is 6.92 Å². The molecule has 0 spiro atoms. The van der Waals surface area contributed by atoms with Gasteiger partial charge in [-0.2, -0.15) is 5.10 Å². The summed E-state index contributed by atoms with van der Waals surface area (Å²) >= 11 is 0. The summed E-state index contributed by atoms with van der Waals surface area (Å²) in [5.74, 6) is 0.327. The number of carbonyl (C=O) groups is 2. The van der Waals surface area contributed by atoms with E-state index in [1.54, 1.807) is 13.0 Å². The predicted octanol–water partition coefficient (Wildman–Crippen LogP) is 0.517. The van der Waals surface area contributed by atoms with Crippen LogP contribution in [0.25, 0.3) is 0 Å². The van der Waals surface area contributed by atoms with Gasteiger partial charge in [-0.25, -0.2) is 9.48 Å². The number of aryl methyl sites for hydroxylation is 1. The molecule has 0 aliphatic carbocycles. The van der Waals surface area contributed by atoms with Gasteiger partial charge in [0.1, 0.15) is 6.54 Å². The number of nitrogens with one attached hydrogen (secondary N) is 3. The number of carbonyl (C=O) groups excluding carboxylic acids is 2. The van der Waals surface area contributed by atoms with Crippen molar-refractivity contribution in [1.82, 2.24) is 25.2 Å². The van der Waals surface area contributed by atoms with Crippen LogP contribution in [0.3, 0.4) is 0 Å². The van der Waals surface area contributed by atoms with Gasteiger partial charge in [-0.05, 0) is 13.8 Å². The molecule has 10 heteroatoms. The van der Waals surface area contributed by atoms with Crippen LogP contribution >= 0.6 is 0 Å². The predicted molar refractivity (Wildman–Crippen MR) is 72.6 cm³/mol. The summed E-state index contributed by atoms with van der Waals surface area (Å²) in [6.07, 6.45) is 0.799. The van der Waals surface area contributed by atoms with E-state index in [0.717, 1.165) is 5.69 Å². The Morgan fingerprint density at radius 1 is 1.38 bits per heavy atom. The van der Waals surface area contributed by atoms with Crippen LogP contribution in [0, 0.1) is 6.92 Å². The maximum Gasteiger partial charge on any atom is 0.412 e. The van der Waals surface area contributed by atoms with Gasteiger partial charge in [0.25, 0.3) is 0 Å². The Kier molecular flexibility index (Phi) is 4.49. The lowest BCUT2D eigenvalue weighted by atomic mass is 10.4. The molecule has 2 aromatic rings. The molecule has 2 heterocycles. The van der Waals surface area contributed by atoms with Crippen molar-refractivity contribution in [3.63, 3.8) is 0 Å². The fraction of sp³-hybridized carbons (Fsp3) is 0.364. The molecule has 2 amide bonds. The highest BCUT2D eigenvalue weighted by Crippen LogP contribution is 2.05. The Morgan fingerprint density at radius 2 is 2.19 bits per heavy atom. The van der Waals surface area contributed by atoms with E-state index in [0.29, 0.717) is 5.82 Å². The minimum Gasteiger partial charge on any atom is -0.450 e. The Labute approximate surface area is 119 Å². The average molecular weight is 293 g/mol. The standard InChI is InChI=1S/C11H15N7O3/c1-3-21-11(20)13-9-5-18(17-16-9)6-10(19)12-8-4-7(2)14-15-8/h4-5H,3,6H2,1-2H3,(H,13,20)(H2,12,14,15,19). The van der Waals surface area contributed by atoms with E-state index in [1.165, 1.54) is 10.9 Å². The minimum atomic E-state index is -0.624. The van der Waals surface area contributed by atoms with Crippen LogP contribution in [-0.2, 0) is 16.1 Å². The molecule has 10 nitrogen and oxygen atoms in total. The Balaban J connectivity index is 1.87. The normalized spacial score (nSPS) is 10.2. The van der Waals surface area contributed by atoms with E-state index >= 15 is 0 Å². The first-order valence-electron chi connectivity index (χ1n) is 6.22. The molecule has 0 aromatic carbocycles. The van der Waals surface area contributed by atoms with Crippen LogP contribution in [0.15, 0.2) is 12.3 Å². The van der Waals surface area contributed by atoms with Crippen molar-refractivity contribution in [3.05, 3.63) is 18.0 Å². The molecule has 0 aliphatic rings. The van der Waals surface area contributed by atoms with Crippen LogP contribution < -0.4 is 10.6 Å². The zero-order valence-electron chi connectivity index (χ0n) is 11.6. The van der Waals surface area contributed by atoms with Gasteiger partial charge in [0.05, 0.1) is 12.8 Å². The first kappa shape index (κ1) is 14.5. The average Bonchev–Trinajstić information content (AvgIpc) is 2.99. The molecule has 0 bridgehead atoms. The Hall–Kier alpha value is -2.91. The van der Waals surface area contributed by atoms with E-state index in [-0.39, 0.29) is 24.9 Å². The molecule has 0 fully saturated rings. The molecule has 0 unspecified atom stereocenters. The number of aromatic nitrogens is 5. The summed E-state index contributed by atoms with van der Waals surface area (Å²) < 4.78 is 5.99. The van der Waals surface area contributed by atoms with Gasteiger partial charge >= 0.3 is 6.09 Å². The largest absolute Gasteiger partial charge is 0.450 e. The van der Waals surface area contributed by atoms with Crippen molar-refractivity contribution in [3.8, 4) is 0 Å². The van der Waals surface area contributed by atoms with Crippen LogP contribution in [0.2, 0.25) is 0 Å². The fourth-order valence-electron chi connectivity index (χ4n) is 1.52. The van der Waals surface area contributed by atoms with Gasteiger partial charge in [0.2, 0.25) is 5.91 Å². The van der Waals surface area contributed by atoms with Gasteiger partial charge in [0, 0.05) is 11.8 Å². The summed E-state index contributed by atoms with van der Waals surface area (Å²) in [6.45, 7) is 3.72. The van der Waals surface area contributed by atoms with Crippen molar-refractivity contribution in [2.75, 3.05) is 17.2 Å². The molecule has 112 valence electrons. The number of amides is 2. The fourth-order valence-corrected chi connectivity index (χ4v) is 1.52. The molecule has 0 saturated carbocycles. The lowest BCUT2D eigenvalue weighted by molar-refractivity contribution is -0.116. The highest BCUT2D eigenvalue weighted by molar-refractivity contribution is 5.89. The molecule has 0 aliphatic heterocycles. The summed E-state index contributed by atoms with van der Waals surface area (Å²) in [7, 11) is 0. The molecule has 0 atom stereocenters. The van der Waals surface area contributed by atoms with E-state index in [2.05, 4.69) is 31.1 Å². The van der Waals surface area contributed by atoms with Gasteiger partial charge in [-0.3, -0.25) is 15.2 Å². The molecular formula is C11H15N7O3. The molecular weight excluding hydrogens is 278 g/mol. The number of rotatable bonds is 5. The number of hydrogen-bond donors (Lipinski definition) is 3. The summed E-state index contributed by atoms with van der Waals surface area (Å²) in [5, 5.41) is 19.0. The molecule has 21 heavy (non-hydrogen) atoms. The van der Waals surface area contributed by atoms with E-state index < -0.39 is 6.09 Å². The van der Waals surface area contributed by atoms with Crippen molar-refractivity contribution < 1.29 is 14.3 Å². The second kappa shape index (κ2) is 6.50. The molecule has 3 N–H and O–H groups in total. The third kappa shape index (κ3) is 4.30. The molecule has 2 rings (SSSR count). The summed E-state index contributed by atoms with van der Waals surface area (Å²) in [5.41, 5.74) is 0.840. The molecule has 2 aromatic heterocycles. The van der Waals surface area contributed by atoms with Gasteiger partial charge in [-0.1, -0.05) is 5.21 Å².